The van der Waals surface area contributed by atoms with Gasteiger partial charge in [0.05, 0.1) is 17.6 Å². The highest BCUT2D eigenvalue weighted by molar-refractivity contribution is 6.27. The summed E-state index contributed by atoms with van der Waals surface area (Å²) in [5, 5.41) is 0.973. The Balaban J connectivity index is 0.00000442. The summed E-state index contributed by atoms with van der Waals surface area (Å²) in [6, 6.07) is 15.3. The van der Waals surface area contributed by atoms with Gasteiger partial charge in [0.25, 0.3) is 0 Å². The topological polar surface area (TPSA) is 122 Å². The lowest BCUT2D eigenvalue weighted by Gasteiger charge is -2.23. The first-order chi connectivity index (χ1) is 21.0. The number of esters is 1. The van der Waals surface area contributed by atoms with E-state index in [0.717, 1.165) is 53.5 Å². The number of hydrogen-bond donors (Lipinski definition) is 1. The summed E-state index contributed by atoms with van der Waals surface area (Å²) >= 11 is 6.00. The van der Waals surface area contributed by atoms with Crippen LogP contribution in [0.3, 0.4) is 0 Å². The number of nitrogen functional groups attached to an aromatic ring is 1. The minimum absolute atomic E-state index is 0. The fourth-order valence-corrected chi connectivity index (χ4v) is 5.82. The van der Waals surface area contributed by atoms with Crippen LogP contribution in [0.1, 0.15) is 43.5 Å². The van der Waals surface area contributed by atoms with E-state index in [1.807, 2.05) is 42.5 Å². The Bertz CT molecular complexity index is 1570. The van der Waals surface area contributed by atoms with Crippen molar-refractivity contribution >= 4 is 63.6 Å². The smallest absolute Gasteiger partial charge is 0.344 e. The van der Waals surface area contributed by atoms with E-state index in [2.05, 4.69) is 9.55 Å². The molecule has 1 fully saturated rings. The summed E-state index contributed by atoms with van der Waals surface area (Å²) in [5.74, 6) is 1.14. The molecular weight excluding hydrogens is 605 g/mol. The Morgan fingerprint density at radius 1 is 1.11 bits per heavy atom. The predicted octanol–water partition coefficient (Wildman–Crippen LogP) is 5.30. The Kier molecular flexibility index (Phi) is 12.1. The number of carbonyl (C=O) groups is 2. The highest BCUT2D eigenvalue weighted by atomic mass is 35.5. The zero-order valence-corrected chi connectivity index (χ0v) is 26.4. The highest BCUT2D eigenvalue weighted by Gasteiger charge is 2.21. The van der Waals surface area contributed by atoms with Crippen molar-refractivity contribution in [3.05, 3.63) is 59.9 Å². The normalized spacial score (nSPS) is 13.2. The first kappa shape index (κ1) is 33.3. The molecule has 1 amide bonds. The fourth-order valence-electron chi connectivity index (χ4n) is 5.65. The molecule has 2 aromatic heterocycles. The molecule has 1 saturated carbocycles. The van der Waals surface area contributed by atoms with E-state index < -0.39 is 0 Å². The van der Waals surface area contributed by atoms with Crippen molar-refractivity contribution < 1.29 is 23.8 Å². The number of imidazole rings is 1. The average Bonchev–Trinajstić information content (AvgIpc) is 3.66. The summed E-state index contributed by atoms with van der Waals surface area (Å²) < 4.78 is 18.7. The molecule has 44 heavy (non-hydrogen) atoms. The number of rotatable bonds is 14. The van der Waals surface area contributed by atoms with Gasteiger partial charge in [-0.2, -0.15) is 0 Å². The number of halogens is 2. The van der Waals surface area contributed by atoms with E-state index in [-0.39, 0.29) is 42.9 Å². The monoisotopic (exact) mass is 643 g/mol. The van der Waals surface area contributed by atoms with E-state index in [1.165, 1.54) is 0 Å². The van der Waals surface area contributed by atoms with Gasteiger partial charge in [-0.05, 0) is 55.9 Å². The molecule has 1 aliphatic rings. The zero-order chi connectivity index (χ0) is 30.2. The van der Waals surface area contributed by atoms with Gasteiger partial charge in [0.2, 0.25) is 5.91 Å². The van der Waals surface area contributed by atoms with Crippen molar-refractivity contribution in [3.8, 4) is 5.75 Å². The average molecular weight is 645 g/mol. The number of pyridine rings is 1. The maximum absolute atomic E-state index is 12.9. The van der Waals surface area contributed by atoms with Gasteiger partial charge >= 0.3 is 5.97 Å². The first-order valence-electron chi connectivity index (χ1n) is 14.7. The van der Waals surface area contributed by atoms with E-state index in [4.69, 9.17) is 36.5 Å². The quantitative estimate of drug-likeness (QED) is 0.145. The molecule has 0 atom stereocenters. The SMILES string of the molecule is COCCc1nc2c(N)nc3ccccc3c2n1CCCN(Cc1cccc(OCC(=O)OC2CCCC2)c1)C(=O)CCl.Cl. The Morgan fingerprint density at radius 2 is 1.91 bits per heavy atom. The van der Waals surface area contributed by atoms with Crippen LogP contribution in [0.25, 0.3) is 21.9 Å². The lowest BCUT2D eigenvalue weighted by molar-refractivity contribution is -0.151. The van der Waals surface area contributed by atoms with Gasteiger partial charge in [0, 0.05) is 38.6 Å². The molecule has 2 heterocycles. The number of carbonyl (C=O) groups excluding carboxylic acids is 2. The maximum atomic E-state index is 12.9. The fraction of sp³-hybridized carbons (Fsp3) is 0.438. The van der Waals surface area contributed by atoms with E-state index >= 15 is 0 Å². The number of ether oxygens (including phenoxy) is 3. The second-order valence-corrected chi connectivity index (χ2v) is 11.0. The molecule has 0 bridgehead atoms. The second kappa shape index (κ2) is 15.9. The molecule has 0 saturated heterocycles. The number of aromatic nitrogens is 3. The summed E-state index contributed by atoms with van der Waals surface area (Å²) in [6.45, 7) is 1.81. The molecule has 0 unspecified atom stereocenters. The largest absolute Gasteiger partial charge is 0.482 e. The van der Waals surface area contributed by atoms with Crippen LogP contribution in [0.15, 0.2) is 48.5 Å². The van der Waals surface area contributed by atoms with Gasteiger partial charge < -0.3 is 29.4 Å². The maximum Gasteiger partial charge on any atom is 0.344 e. The van der Waals surface area contributed by atoms with Gasteiger partial charge in [-0.1, -0.05) is 30.3 Å². The van der Waals surface area contributed by atoms with Gasteiger partial charge in [0.15, 0.2) is 12.4 Å². The molecule has 0 spiro atoms. The number of aryl methyl sites for hydroxylation is 1. The number of fused-ring (bicyclic) bond motifs is 3. The number of hydrogen-bond acceptors (Lipinski definition) is 8. The van der Waals surface area contributed by atoms with E-state index in [1.54, 1.807) is 18.1 Å². The molecule has 236 valence electrons. The van der Waals surface area contributed by atoms with E-state index in [0.29, 0.717) is 56.2 Å². The van der Waals surface area contributed by atoms with Gasteiger partial charge in [-0.25, -0.2) is 14.8 Å². The molecule has 2 N–H and O–H groups in total. The first-order valence-corrected chi connectivity index (χ1v) is 15.3. The standard InChI is InChI=1S/C32H38ClN5O5.ClH/c1-41-17-14-27-36-30-31(25-12-4-5-13-26(25)35-32(30)34)38(27)16-7-15-37(28(39)19-33)20-22-8-6-11-24(18-22)42-21-29(40)43-23-9-2-3-10-23;/h4-6,8,11-13,18,23H,2-3,7,9-10,14-17,19-21H2,1H3,(H2,34,35);1H. The molecule has 0 aliphatic heterocycles. The van der Waals surface area contributed by atoms with Crippen LogP contribution >= 0.6 is 24.0 Å². The number of anilines is 1. The van der Waals surface area contributed by atoms with Crippen molar-refractivity contribution in [2.75, 3.05) is 38.5 Å². The Labute approximate surface area is 268 Å². The van der Waals surface area contributed by atoms with Crippen LogP contribution in [0.4, 0.5) is 5.82 Å². The number of benzene rings is 2. The Morgan fingerprint density at radius 3 is 2.68 bits per heavy atom. The third-order valence-corrected chi connectivity index (χ3v) is 7.95. The second-order valence-electron chi connectivity index (χ2n) is 10.8. The molecule has 5 rings (SSSR count). The van der Waals surface area contributed by atoms with Crippen molar-refractivity contribution in [1.29, 1.82) is 0 Å². The number of nitrogens with zero attached hydrogens (tertiary/aromatic N) is 4. The number of alkyl halides is 1. The number of nitrogens with two attached hydrogens (primary N) is 1. The van der Waals surface area contributed by atoms with E-state index in [9.17, 15) is 9.59 Å². The number of para-hydroxylation sites is 1. The summed E-state index contributed by atoms with van der Waals surface area (Å²) in [5.41, 5.74) is 9.60. The minimum Gasteiger partial charge on any atom is -0.482 e. The number of amides is 1. The minimum atomic E-state index is -0.363. The molecule has 1 aliphatic carbocycles. The van der Waals surface area contributed by atoms with Crippen molar-refractivity contribution in [2.45, 2.75) is 57.7 Å². The zero-order valence-electron chi connectivity index (χ0n) is 24.9. The van der Waals surface area contributed by atoms with Crippen LogP contribution in [-0.4, -0.2) is 70.2 Å². The van der Waals surface area contributed by atoms with Crippen LogP contribution in [0.5, 0.6) is 5.75 Å². The van der Waals surface area contributed by atoms with Crippen LogP contribution < -0.4 is 10.5 Å². The molecule has 12 heteroatoms. The molecule has 0 radical (unpaired) electrons. The van der Waals surface area contributed by atoms with Gasteiger partial charge in [-0.3, -0.25) is 4.79 Å². The van der Waals surface area contributed by atoms with Crippen LogP contribution in [-0.2, 0) is 38.6 Å². The van der Waals surface area contributed by atoms with Crippen molar-refractivity contribution in [2.24, 2.45) is 0 Å². The number of methoxy groups -OCH3 is 1. The Hall–Kier alpha value is -3.60. The lowest BCUT2D eigenvalue weighted by atomic mass is 10.1. The molecule has 10 nitrogen and oxygen atoms in total. The van der Waals surface area contributed by atoms with Gasteiger partial charge in [0.1, 0.15) is 29.1 Å². The summed E-state index contributed by atoms with van der Waals surface area (Å²) in [4.78, 5) is 36.2. The summed E-state index contributed by atoms with van der Waals surface area (Å²) in [7, 11) is 1.66. The van der Waals surface area contributed by atoms with Crippen LogP contribution in [0, 0.1) is 0 Å². The lowest BCUT2D eigenvalue weighted by Crippen LogP contribution is -2.33. The van der Waals surface area contributed by atoms with Crippen LogP contribution in [0.2, 0.25) is 0 Å². The third-order valence-electron chi connectivity index (χ3n) is 7.72. The molecule has 4 aromatic rings. The van der Waals surface area contributed by atoms with Crippen molar-refractivity contribution in [1.82, 2.24) is 19.4 Å². The third kappa shape index (κ3) is 8.11. The van der Waals surface area contributed by atoms with Crippen molar-refractivity contribution in [3.63, 3.8) is 0 Å². The highest BCUT2D eigenvalue weighted by Crippen LogP contribution is 2.29. The predicted molar refractivity (Wildman–Crippen MR) is 173 cm³/mol. The molecular formula is C32H39Cl2N5O5. The summed E-state index contributed by atoms with van der Waals surface area (Å²) in [6.07, 6.45) is 5.29. The molecule has 2 aromatic carbocycles. The van der Waals surface area contributed by atoms with Gasteiger partial charge in [-0.15, -0.1) is 24.0 Å².